The van der Waals surface area contributed by atoms with Crippen molar-refractivity contribution in [2.24, 2.45) is 0 Å². The summed E-state index contributed by atoms with van der Waals surface area (Å²) in [5.74, 6) is 0.0915. The normalized spacial score (nSPS) is 15.2. The maximum absolute atomic E-state index is 12.0. The molecule has 0 fully saturated rings. The van der Waals surface area contributed by atoms with Crippen molar-refractivity contribution in [3.8, 4) is 0 Å². The topological polar surface area (TPSA) is 37.4 Å². The van der Waals surface area contributed by atoms with Gasteiger partial charge < -0.3 is 4.90 Å². The van der Waals surface area contributed by atoms with E-state index in [2.05, 4.69) is 0 Å². The highest BCUT2D eigenvalue weighted by atomic mass is 35.5. The van der Waals surface area contributed by atoms with Crippen LogP contribution < -0.4 is 4.90 Å². The van der Waals surface area contributed by atoms with Crippen molar-refractivity contribution in [3.63, 3.8) is 0 Å². The fourth-order valence-electron chi connectivity index (χ4n) is 2.39. The standard InChI is InChI=1S/C15H18ClNO2/c1-3-4-14(18)17-8-7-11-9-12(5-6-13(11)17)15(19)10(2)16/h5-6,9-10H,3-4,7-8H2,1-2H3. The van der Waals surface area contributed by atoms with Gasteiger partial charge in [0.1, 0.15) is 0 Å². The van der Waals surface area contributed by atoms with Crippen molar-refractivity contribution >= 4 is 29.0 Å². The summed E-state index contributed by atoms with van der Waals surface area (Å²) in [6.45, 7) is 4.38. The largest absolute Gasteiger partial charge is 0.312 e. The molecule has 1 aromatic carbocycles. The number of fused-ring (bicyclic) bond motifs is 1. The van der Waals surface area contributed by atoms with Crippen LogP contribution in [-0.4, -0.2) is 23.6 Å². The maximum Gasteiger partial charge on any atom is 0.226 e. The molecule has 4 heteroatoms. The van der Waals surface area contributed by atoms with Crippen LogP contribution >= 0.6 is 11.6 Å². The van der Waals surface area contributed by atoms with Gasteiger partial charge in [-0.2, -0.15) is 0 Å². The summed E-state index contributed by atoms with van der Waals surface area (Å²) in [5, 5.41) is -0.516. The molecule has 2 rings (SSSR count). The molecule has 0 radical (unpaired) electrons. The lowest BCUT2D eigenvalue weighted by molar-refractivity contribution is -0.118. The van der Waals surface area contributed by atoms with Gasteiger partial charge in [-0.3, -0.25) is 9.59 Å². The number of ketones is 1. The summed E-state index contributed by atoms with van der Waals surface area (Å²) in [6, 6.07) is 5.50. The monoisotopic (exact) mass is 279 g/mol. The van der Waals surface area contributed by atoms with Crippen LogP contribution in [0.1, 0.15) is 42.6 Å². The van der Waals surface area contributed by atoms with Crippen LogP contribution in [0.2, 0.25) is 0 Å². The lowest BCUT2D eigenvalue weighted by atomic mass is 10.0. The summed E-state index contributed by atoms with van der Waals surface area (Å²) in [6.07, 6.45) is 2.23. The number of carbonyl (C=O) groups is 2. The minimum absolute atomic E-state index is 0.0669. The van der Waals surface area contributed by atoms with Crippen LogP contribution in [0.4, 0.5) is 5.69 Å². The number of alkyl halides is 1. The molecule has 0 aromatic heterocycles. The van der Waals surface area contributed by atoms with E-state index in [1.807, 2.05) is 24.0 Å². The number of hydrogen-bond donors (Lipinski definition) is 0. The third-order valence-electron chi connectivity index (χ3n) is 3.39. The molecule has 1 heterocycles. The van der Waals surface area contributed by atoms with E-state index >= 15 is 0 Å². The second-order valence-corrected chi connectivity index (χ2v) is 5.52. The first-order valence-corrected chi connectivity index (χ1v) is 7.09. The van der Waals surface area contributed by atoms with Crippen molar-refractivity contribution in [2.45, 2.75) is 38.5 Å². The zero-order chi connectivity index (χ0) is 14.0. The number of Topliss-reactive ketones (excluding diaryl/α,β-unsaturated/α-hetero) is 1. The molecule has 0 saturated carbocycles. The first-order valence-electron chi connectivity index (χ1n) is 6.66. The quantitative estimate of drug-likeness (QED) is 0.627. The van der Waals surface area contributed by atoms with Crippen LogP contribution in [0.3, 0.4) is 0 Å². The summed E-state index contributed by atoms with van der Waals surface area (Å²) in [5.41, 5.74) is 2.64. The van der Waals surface area contributed by atoms with Crippen LogP contribution in [0, 0.1) is 0 Å². The third-order valence-corrected chi connectivity index (χ3v) is 3.58. The number of hydrogen-bond acceptors (Lipinski definition) is 2. The zero-order valence-corrected chi connectivity index (χ0v) is 12.0. The van der Waals surface area contributed by atoms with Gasteiger partial charge in [0, 0.05) is 24.2 Å². The fourth-order valence-corrected chi connectivity index (χ4v) is 2.52. The second-order valence-electron chi connectivity index (χ2n) is 4.87. The Labute approximate surface area is 118 Å². The number of amides is 1. The first kappa shape index (κ1) is 14.1. The molecule has 1 aliphatic rings. The van der Waals surface area contributed by atoms with E-state index in [9.17, 15) is 9.59 Å². The van der Waals surface area contributed by atoms with E-state index < -0.39 is 5.38 Å². The molecule has 0 N–H and O–H groups in total. The van der Waals surface area contributed by atoms with Crippen LogP contribution in [0.15, 0.2) is 18.2 Å². The van der Waals surface area contributed by atoms with Crippen LogP contribution in [0.25, 0.3) is 0 Å². The summed E-state index contributed by atoms with van der Waals surface area (Å²) in [7, 11) is 0. The van der Waals surface area contributed by atoms with Gasteiger partial charge in [0.05, 0.1) is 5.38 Å². The Balaban J connectivity index is 2.25. The Morgan fingerprint density at radius 2 is 2.16 bits per heavy atom. The highest BCUT2D eigenvalue weighted by molar-refractivity contribution is 6.33. The van der Waals surface area contributed by atoms with Gasteiger partial charge in [-0.15, -0.1) is 11.6 Å². The number of halogens is 1. The van der Waals surface area contributed by atoms with Crippen molar-refractivity contribution in [2.75, 3.05) is 11.4 Å². The molecule has 1 unspecified atom stereocenters. The van der Waals surface area contributed by atoms with Crippen LogP contribution in [0.5, 0.6) is 0 Å². The number of nitrogens with zero attached hydrogens (tertiary/aromatic N) is 1. The average Bonchev–Trinajstić information content (AvgIpc) is 2.80. The molecule has 19 heavy (non-hydrogen) atoms. The number of rotatable bonds is 4. The molecule has 0 saturated heterocycles. The molecule has 1 atom stereocenters. The molecule has 0 spiro atoms. The van der Waals surface area contributed by atoms with Gasteiger partial charge in [-0.05, 0) is 43.5 Å². The van der Waals surface area contributed by atoms with Gasteiger partial charge in [-0.1, -0.05) is 6.92 Å². The smallest absolute Gasteiger partial charge is 0.226 e. The highest BCUT2D eigenvalue weighted by Gasteiger charge is 2.25. The van der Waals surface area contributed by atoms with Crippen molar-refractivity contribution in [1.29, 1.82) is 0 Å². The van der Waals surface area contributed by atoms with Crippen LogP contribution in [-0.2, 0) is 11.2 Å². The Morgan fingerprint density at radius 1 is 1.42 bits per heavy atom. The molecule has 1 aliphatic heterocycles. The molecule has 102 valence electrons. The first-order chi connectivity index (χ1) is 9.04. The number of carbonyl (C=O) groups excluding carboxylic acids is 2. The molecular weight excluding hydrogens is 262 g/mol. The van der Waals surface area contributed by atoms with E-state index in [0.717, 1.165) is 24.1 Å². The molecule has 0 bridgehead atoms. The summed E-state index contributed by atoms with van der Waals surface area (Å²) >= 11 is 5.82. The van der Waals surface area contributed by atoms with E-state index in [1.54, 1.807) is 13.0 Å². The van der Waals surface area contributed by atoms with Gasteiger partial charge in [0.25, 0.3) is 0 Å². The third kappa shape index (κ3) is 2.81. The highest BCUT2D eigenvalue weighted by Crippen LogP contribution is 2.30. The van der Waals surface area contributed by atoms with E-state index in [1.165, 1.54) is 0 Å². The van der Waals surface area contributed by atoms with E-state index in [4.69, 9.17) is 11.6 Å². The van der Waals surface area contributed by atoms with Gasteiger partial charge in [0.15, 0.2) is 5.78 Å². The Bertz CT molecular complexity index is 511. The Kier molecular flexibility index (Phi) is 4.25. The fraction of sp³-hybridized carbons (Fsp3) is 0.467. The van der Waals surface area contributed by atoms with Gasteiger partial charge in [-0.25, -0.2) is 0 Å². The Hall–Kier alpha value is -1.35. The average molecular weight is 280 g/mol. The van der Waals surface area contributed by atoms with Crippen molar-refractivity contribution in [3.05, 3.63) is 29.3 Å². The molecular formula is C15H18ClNO2. The molecule has 1 amide bonds. The van der Waals surface area contributed by atoms with E-state index in [0.29, 0.717) is 18.5 Å². The SMILES string of the molecule is CCCC(=O)N1CCc2cc(C(=O)C(C)Cl)ccc21. The predicted molar refractivity (Wildman–Crippen MR) is 77.1 cm³/mol. The zero-order valence-electron chi connectivity index (χ0n) is 11.3. The summed E-state index contributed by atoms with van der Waals surface area (Å²) < 4.78 is 0. The predicted octanol–water partition coefficient (Wildman–Crippen LogP) is 3.19. The minimum atomic E-state index is -0.516. The lowest BCUT2D eigenvalue weighted by Crippen LogP contribution is -2.28. The van der Waals surface area contributed by atoms with Gasteiger partial charge in [0.2, 0.25) is 5.91 Å². The van der Waals surface area contributed by atoms with Crippen molar-refractivity contribution < 1.29 is 9.59 Å². The second kappa shape index (κ2) is 5.74. The molecule has 1 aromatic rings. The van der Waals surface area contributed by atoms with Gasteiger partial charge >= 0.3 is 0 Å². The minimum Gasteiger partial charge on any atom is -0.312 e. The number of anilines is 1. The molecule has 3 nitrogen and oxygen atoms in total. The molecule has 0 aliphatic carbocycles. The number of benzene rings is 1. The van der Waals surface area contributed by atoms with E-state index in [-0.39, 0.29) is 11.7 Å². The van der Waals surface area contributed by atoms with Crippen molar-refractivity contribution in [1.82, 2.24) is 0 Å². The summed E-state index contributed by atoms with van der Waals surface area (Å²) in [4.78, 5) is 25.6. The Morgan fingerprint density at radius 3 is 2.79 bits per heavy atom. The maximum atomic E-state index is 12.0. The lowest BCUT2D eigenvalue weighted by Gasteiger charge is -2.17.